The highest BCUT2D eigenvalue weighted by molar-refractivity contribution is 5.97. The Morgan fingerprint density at radius 1 is 1.42 bits per heavy atom. The molecule has 0 fully saturated rings. The van der Waals surface area contributed by atoms with E-state index in [9.17, 15) is 4.39 Å². The molecule has 0 saturated carbocycles. The molecule has 1 rings (SSSR count). The van der Waals surface area contributed by atoms with Crippen molar-refractivity contribution in [3.8, 4) is 0 Å². The van der Waals surface area contributed by atoms with E-state index in [0.717, 1.165) is 5.56 Å². The Balaban J connectivity index is 3.17. The van der Waals surface area contributed by atoms with Gasteiger partial charge in [0.15, 0.2) is 0 Å². The molecule has 0 amide bonds. The summed E-state index contributed by atoms with van der Waals surface area (Å²) in [7, 11) is 1.58. The van der Waals surface area contributed by atoms with Crippen LogP contribution < -0.4 is 5.73 Å². The summed E-state index contributed by atoms with van der Waals surface area (Å²) in [5, 5.41) is 0. The van der Waals surface area contributed by atoms with Crippen LogP contribution in [0.1, 0.15) is 11.1 Å². The molecule has 0 atom stereocenters. The van der Waals surface area contributed by atoms with E-state index in [4.69, 9.17) is 5.73 Å². The summed E-state index contributed by atoms with van der Waals surface area (Å²) in [5.74, 6) is 0.0780. The largest absolute Gasteiger partial charge is 0.384 e. The van der Waals surface area contributed by atoms with Crippen molar-refractivity contribution >= 4 is 5.84 Å². The Hall–Kier alpha value is -1.38. The molecule has 0 spiro atoms. The lowest BCUT2D eigenvalue weighted by atomic mass is 10.1. The van der Waals surface area contributed by atoms with Gasteiger partial charge in [-0.3, -0.25) is 4.99 Å². The second-order valence-corrected chi connectivity index (χ2v) is 2.63. The summed E-state index contributed by atoms with van der Waals surface area (Å²) in [6, 6.07) is 4.62. The van der Waals surface area contributed by atoms with Gasteiger partial charge < -0.3 is 5.73 Å². The SMILES string of the molecule is CN=C(N)c1cc(C)cc(F)c1. The number of hydrogen-bond acceptors (Lipinski definition) is 1. The average Bonchev–Trinajstić information content (AvgIpc) is 2.01. The summed E-state index contributed by atoms with van der Waals surface area (Å²) in [4.78, 5) is 3.77. The number of hydrogen-bond donors (Lipinski definition) is 1. The van der Waals surface area contributed by atoms with E-state index in [1.807, 2.05) is 6.92 Å². The fourth-order valence-corrected chi connectivity index (χ4v) is 1.01. The second kappa shape index (κ2) is 3.34. The molecule has 3 heteroatoms. The number of nitrogens with zero attached hydrogens (tertiary/aromatic N) is 1. The molecule has 0 aliphatic rings. The maximum Gasteiger partial charge on any atom is 0.125 e. The molecular weight excluding hydrogens is 155 g/mol. The van der Waals surface area contributed by atoms with Crippen molar-refractivity contribution in [1.82, 2.24) is 0 Å². The molecule has 0 aliphatic carbocycles. The first kappa shape index (κ1) is 8.71. The van der Waals surface area contributed by atoms with E-state index >= 15 is 0 Å². The van der Waals surface area contributed by atoms with Crippen LogP contribution in [0.15, 0.2) is 23.2 Å². The lowest BCUT2D eigenvalue weighted by Crippen LogP contribution is -2.13. The van der Waals surface area contributed by atoms with Crippen molar-refractivity contribution in [3.05, 3.63) is 35.1 Å². The molecule has 2 N–H and O–H groups in total. The second-order valence-electron chi connectivity index (χ2n) is 2.63. The van der Waals surface area contributed by atoms with Gasteiger partial charge in [0.1, 0.15) is 11.7 Å². The van der Waals surface area contributed by atoms with Crippen molar-refractivity contribution in [2.45, 2.75) is 6.92 Å². The van der Waals surface area contributed by atoms with Crippen molar-refractivity contribution in [1.29, 1.82) is 0 Å². The van der Waals surface area contributed by atoms with Gasteiger partial charge >= 0.3 is 0 Å². The van der Waals surface area contributed by atoms with Crippen LogP contribution in [0, 0.1) is 12.7 Å². The van der Waals surface area contributed by atoms with Gasteiger partial charge in [-0.05, 0) is 30.7 Å². The maximum atomic E-state index is 12.8. The molecule has 1 aromatic carbocycles. The normalized spacial score (nSPS) is 11.8. The van der Waals surface area contributed by atoms with Gasteiger partial charge in [-0.15, -0.1) is 0 Å². The van der Waals surface area contributed by atoms with Crippen molar-refractivity contribution in [2.75, 3.05) is 7.05 Å². The smallest absolute Gasteiger partial charge is 0.125 e. The molecule has 1 aromatic rings. The molecule has 0 heterocycles. The van der Waals surface area contributed by atoms with Crippen LogP contribution in [-0.4, -0.2) is 12.9 Å². The number of amidine groups is 1. The third-order valence-corrected chi connectivity index (χ3v) is 1.58. The topological polar surface area (TPSA) is 38.4 Å². The Labute approximate surface area is 70.9 Å². The number of aliphatic imine (C=N–C) groups is 1. The summed E-state index contributed by atoms with van der Waals surface area (Å²) < 4.78 is 12.8. The highest BCUT2D eigenvalue weighted by Gasteiger charge is 2.00. The summed E-state index contributed by atoms with van der Waals surface area (Å²) >= 11 is 0. The zero-order chi connectivity index (χ0) is 9.14. The highest BCUT2D eigenvalue weighted by Crippen LogP contribution is 2.07. The number of halogens is 1. The molecule has 2 nitrogen and oxygen atoms in total. The lowest BCUT2D eigenvalue weighted by Gasteiger charge is -2.01. The minimum absolute atomic E-state index is 0.281. The van der Waals surface area contributed by atoms with Crippen LogP contribution in [0.5, 0.6) is 0 Å². The number of nitrogens with two attached hydrogens (primary N) is 1. The number of rotatable bonds is 1. The average molecular weight is 166 g/mol. The van der Waals surface area contributed by atoms with Gasteiger partial charge in [0, 0.05) is 12.6 Å². The van der Waals surface area contributed by atoms with Gasteiger partial charge in [0.05, 0.1) is 0 Å². The lowest BCUT2D eigenvalue weighted by molar-refractivity contribution is 0.626. The molecule has 0 saturated heterocycles. The van der Waals surface area contributed by atoms with Crippen LogP contribution in [0.3, 0.4) is 0 Å². The van der Waals surface area contributed by atoms with E-state index in [0.29, 0.717) is 11.4 Å². The van der Waals surface area contributed by atoms with Crippen LogP contribution >= 0.6 is 0 Å². The Morgan fingerprint density at radius 3 is 2.58 bits per heavy atom. The first-order chi connectivity index (χ1) is 5.63. The maximum absolute atomic E-state index is 12.8. The van der Waals surface area contributed by atoms with E-state index in [2.05, 4.69) is 4.99 Å². The predicted molar refractivity (Wildman–Crippen MR) is 47.8 cm³/mol. The molecule has 0 radical (unpaired) electrons. The fraction of sp³-hybridized carbons (Fsp3) is 0.222. The van der Waals surface area contributed by atoms with Crippen molar-refractivity contribution < 1.29 is 4.39 Å². The van der Waals surface area contributed by atoms with E-state index in [1.165, 1.54) is 12.1 Å². The van der Waals surface area contributed by atoms with Gasteiger partial charge in [0.25, 0.3) is 0 Å². The van der Waals surface area contributed by atoms with Crippen LogP contribution in [0.4, 0.5) is 4.39 Å². The van der Waals surface area contributed by atoms with Crippen LogP contribution in [0.2, 0.25) is 0 Å². The van der Waals surface area contributed by atoms with Gasteiger partial charge in [0.2, 0.25) is 0 Å². The predicted octanol–water partition coefficient (Wildman–Crippen LogP) is 1.47. The molecular formula is C9H11FN2. The fourth-order valence-electron chi connectivity index (χ4n) is 1.01. The molecule has 0 unspecified atom stereocenters. The van der Waals surface area contributed by atoms with E-state index in [1.54, 1.807) is 13.1 Å². The molecule has 0 aromatic heterocycles. The Morgan fingerprint density at radius 2 is 2.08 bits per heavy atom. The van der Waals surface area contributed by atoms with E-state index < -0.39 is 0 Å². The molecule has 0 aliphatic heterocycles. The zero-order valence-corrected chi connectivity index (χ0v) is 7.13. The number of aryl methyl sites for hydroxylation is 1. The summed E-state index contributed by atoms with van der Waals surface area (Å²) in [6.45, 7) is 1.82. The van der Waals surface area contributed by atoms with Crippen LogP contribution in [0.25, 0.3) is 0 Å². The van der Waals surface area contributed by atoms with Crippen molar-refractivity contribution in [3.63, 3.8) is 0 Å². The van der Waals surface area contributed by atoms with Gasteiger partial charge in [-0.25, -0.2) is 4.39 Å². The molecule has 12 heavy (non-hydrogen) atoms. The van der Waals surface area contributed by atoms with E-state index in [-0.39, 0.29) is 5.82 Å². The van der Waals surface area contributed by atoms with Crippen LogP contribution in [-0.2, 0) is 0 Å². The molecule has 0 bridgehead atoms. The number of benzene rings is 1. The third kappa shape index (κ3) is 1.81. The van der Waals surface area contributed by atoms with Gasteiger partial charge in [-0.1, -0.05) is 0 Å². The first-order valence-corrected chi connectivity index (χ1v) is 3.63. The minimum Gasteiger partial charge on any atom is -0.384 e. The Bertz CT molecular complexity index is 298. The van der Waals surface area contributed by atoms with Crippen molar-refractivity contribution in [2.24, 2.45) is 10.7 Å². The summed E-state index contributed by atoms with van der Waals surface area (Å²) in [5.41, 5.74) is 6.99. The molecule has 64 valence electrons. The highest BCUT2D eigenvalue weighted by atomic mass is 19.1. The van der Waals surface area contributed by atoms with Gasteiger partial charge in [-0.2, -0.15) is 0 Å². The zero-order valence-electron chi connectivity index (χ0n) is 7.13. The third-order valence-electron chi connectivity index (χ3n) is 1.58. The quantitative estimate of drug-likeness (QED) is 0.498. The Kier molecular flexibility index (Phi) is 2.43. The minimum atomic E-state index is -0.281. The first-order valence-electron chi connectivity index (χ1n) is 3.63. The standard InChI is InChI=1S/C9H11FN2/c1-6-3-7(9(11)12-2)5-8(10)4-6/h3-5H,1-2H3,(H2,11,12). The monoisotopic (exact) mass is 166 g/mol. The summed E-state index contributed by atoms with van der Waals surface area (Å²) in [6.07, 6.45) is 0.